The number of hydrogen-bond acceptors (Lipinski definition) is 3. The van der Waals surface area contributed by atoms with Crippen molar-refractivity contribution >= 4 is 15.9 Å². The van der Waals surface area contributed by atoms with E-state index in [4.69, 9.17) is 14.2 Å². The Labute approximate surface area is 108 Å². The fourth-order valence-corrected chi connectivity index (χ4v) is 2.11. The van der Waals surface area contributed by atoms with Crippen molar-refractivity contribution in [1.29, 1.82) is 0 Å². The van der Waals surface area contributed by atoms with Gasteiger partial charge < -0.3 is 14.2 Å². The van der Waals surface area contributed by atoms with Crippen LogP contribution in [0.4, 0.5) is 4.39 Å². The maximum absolute atomic E-state index is 14.2. The van der Waals surface area contributed by atoms with E-state index in [9.17, 15) is 4.39 Å². The molecule has 0 radical (unpaired) electrons. The first-order valence-electron chi connectivity index (χ1n) is 5.58. The minimum Gasteiger partial charge on any atom is -0.491 e. The first-order chi connectivity index (χ1) is 8.24. The lowest BCUT2D eigenvalue weighted by molar-refractivity contribution is -0.0472. The highest BCUT2D eigenvalue weighted by molar-refractivity contribution is 9.10. The quantitative estimate of drug-likeness (QED) is 0.853. The summed E-state index contributed by atoms with van der Waals surface area (Å²) in [7, 11) is 0. The lowest BCUT2D eigenvalue weighted by Crippen LogP contribution is -2.06. The van der Waals surface area contributed by atoms with Gasteiger partial charge in [-0.25, -0.2) is 4.39 Å². The highest BCUT2D eigenvalue weighted by atomic mass is 79.9. The molecule has 0 aliphatic carbocycles. The van der Waals surface area contributed by atoms with Crippen LogP contribution in [0.25, 0.3) is 0 Å². The van der Waals surface area contributed by atoms with Gasteiger partial charge in [0.25, 0.3) is 0 Å². The van der Waals surface area contributed by atoms with Crippen LogP contribution in [0.5, 0.6) is 5.75 Å². The molecule has 0 atom stereocenters. The van der Waals surface area contributed by atoms with E-state index in [0.29, 0.717) is 29.9 Å². The molecule has 0 amide bonds. The summed E-state index contributed by atoms with van der Waals surface area (Å²) in [6.45, 7) is 3.43. The molecule has 0 spiro atoms. The predicted octanol–water partition coefficient (Wildman–Crippen LogP) is 3.42. The van der Waals surface area contributed by atoms with Crippen molar-refractivity contribution in [2.75, 3.05) is 19.8 Å². The molecule has 1 fully saturated rings. The van der Waals surface area contributed by atoms with Crippen LogP contribution in [0, 0.1) is 5.82 Å². The molecular weight excluding hydrogens is 291 g/mol. The normalized spacial score (nSPS) is 16.4. The van der Waals surface area contributed by atoms with Crippen LogP contribution in [0.1, 0.15) is 25.2 Å². The van der Waals surface area contributed by atoms with Gasteiger partial charge in [-0.3, -0.25) is 0 Å². The van der Waals surface area contributed by atoms with Gasteiger partial charge in [-0.15, -0.1) is 0 Å². The summed E-state index contributed by atoms with van der Waals surface area (Å²) in [5.41, 5.74) is 0.371. The summed E-state index contributed by atoms with van der Waals surface area (Å²) in [4.78, 5) is 0. The van der Waals surface area contributed by atoms with Crippen molar-refractivity contribution < 1.29 is 18.6 Å². The lowest BCUT2D eigenvalue weighted by atomic mass is 10.2. The minimum atomic E-state index is -0.644. The van der Waals surface area contributed by atoms with Crippen LogP contribution < -0.4 is 4.74 Å². The summed E-state index contributed by atoms with van der Waals surface area (Å²) in [5, 5.41) is 0. The van der Waals surface area contributed by atoms with Crippen LogP contribution in [0.3, 0.4) is 0 Å². The molecule has 17 heavy (non-hydrogen) atoms. The average molecular weight is 305 g/mol. The molecule has 3 nitrogen and oxygen atoms in total. The van der Waals surface area contributed by atoms with Crippen molar-refractivity contribution in [1.82, 2.24) is 0 Å². The molecule has 0 bridgehead atoms. The Kier molecular flexibility index (Phi) is 4.36. The third kappa shape index (κ3) is 2.78. The Bertz CT molecular complexity index is 392. The molecule has 1 aliphatic rings. The molecule has 1 aliphatic heterocycles. The predicted molar refractivity (Wildman–Crippen MR) is 64.5 cm³/mol. The first kappa shape index (κ1) is 12.8. The molecule has 1 saturated heterocycles. The average Bonchev–Trinajstić information content (AvgIpc) is 2.82. The van der Waals surface area contributed by atoms with E-state index in [1.807, 2.05) is 6.92 Å². The van der Waals surface area contributed by atoms with E-state index in [1.54, 1.807) is 12.1 Å². The first-order valence-corrected chi connectivity index (χ1v) is 6.37. The SMILES string of the molecule is CCCOc1ccc(Br)c(C2OCCO2)c1F. The van der Waals surface area contributed by atoms with Crippen LogP contribution in [0.2, 0.25) is 0 Å². The number of hydrogen-bond donors (Lipinski definition) is 0. The standard InChI is InChI=1S/C12H14BrFO3/c1-2-5-15-9-4-3-8(13)10(11(9)14)12-16-6-7-17-12/h3-4,12H,2,5-7H2,1H3. The van der Waals surface area contributed by atoms with E-state index >= 15 is 0 Å². The number of benzene rings is 1. The molecule has 0 saturated carbocycles. The molecule has 5 heteroatoms. The Morgan fingerprint density at radius 3 is 2.76 bits per heavy atom. The second-order valence-corrected chi connectivity index (χ2v) is 4.55. The number of rotatable bonds is 4. The summed E-state index contributed by atoms with van der Waals surface area (Å²) in [5.74, 6) is -0.177. The second kappa shape index (κ2) is 5.80. The monoisotopic (exact) mass is 304 g/mol. The molecule has 94 valence electrons. The maximum Gasteiger partial charge on any atom is 0.188 e. The molecule has 1 heterocycles. The number of ether oxygens (including phenoxy) is 3. The minimum absolute atomic E-state index is 0.240. The van der Waals surface area contributed by atoms with Gasteiger partial charge in [0.15, 0.2) is 17.9 Å². The van der Waals surface area contributed by atoms with E-state index in [0.717, 1.165) is 6.42 Å². The molecule has 0 N–H and O–H groups in total. The summed E-state index contributed by atoms with van der Waals surface area (Å²) >= 11 is 3.30. The van der Waals surface area contributed by atoms with Crippen molar-refractivity contribution in [2.45, 2.75) is 19.6 Å². The smallest absolute Gasteiger partial charge is 0.188 e. The molecule has 1 aromatic rings. The zero-order valence-electron chi connectivity index (χ0n) is 9.54. The topological polar surface area (TPSA) is 27.7 Å². The highest BCUT2D eigenvalue weighted by Crippen LogP contribution is 2.36. The van der Waals surface area contributed by atoms with Crippen molar-refractivity contribution in [2.24, 2.45) is 0 Å². The van der Waals surface area contributed by atoms with Crippen LogP contribution in [-0.4, -0.2) is 19.8 Å². The van der Waals surface area contributed by atoms with Gasteiger partial charge >= 0.3 is 0 Å². The summed E-state index contributed by atoms with van der Waals surface area (Å²) in [6.07, 6.45) is 0.191. The van der Waals surface area contributed by atoms with Crippen molar-refractivity contribution in [3.63, 3.8) is 0 Å². The van der Waals surface area contributed by atoms with Gasteiger partial charge in [0, 0.05) is 4.47 Å². The highest BCUT2D eigenvalue weighted by Gasteiger charge is 2.26. The van der Waals surface area contributed by atoms with E-state index < -0.39 is 12.1 Å². The Balaban J connectivity index is 2.28. The van der Waals surface area contributed by atoms with Gasteiger partial charge in [-0.2, -0.15) is 0 Å². The molecule has 0 unspecified atom stereocenters. The molecule has 2 rings (SSSR count). The molecule has 1 aromatic carbocycles. The van der Waals surface area contributed by atoms with Crippen LogP contribution in [0.15, 0.2) is 16.6 Å². The Hall–Kier alpha value is -0.650. The Morgan fingerprint density at radius 2 is 2.12 bits per heavy atom. The maximum atomic E-state index is 14.2. The summed E-state index contributed by atoms with van der Waals surface area (Å²) < 4.78 is 30.8. The van der Waals surface area contributed by atoms with E-state index in [1.165, 1.54) is 0 Å². The molecular formula is C12H14BrFO3. The van der Waals surface area contributed by atoms with Gasteiger partial charge in [0.2, 0.25) is 0 Å². The van der Waals surface area contributed by atoms with Gasteiger partial charge in [-0.1, -0.05) is 22.9 Å². The second-order valence-electron chi connectivity index (χ2n) is 3.70. The zero-order valence-corrected chi connectivity index (χ0v) is 11.1. The lowest BCUT2D eigenvalue weighted by Gasteiger charge is -2.15. The van der Waals surface area contributed by atoms with E-state index in [-0.39, 0.29) is 5.75 Å². The fraction of sp³-hybridized carbons (Fsp3) is 0.500. The van der Waals surface area contributed by atoms with Crippen molar-refractivity contribution in [3.05, 3.63) is 28.0 Å². The van der Waals surface area contributed by atoms with Gasteiger partial charge in [0.05, 0.1) is 25.4 Å². The molecule has 0 aromatic heterocycles. The van der Waals surface area contributed by atoms with E-state index in [2.05, 4.69) is 15.9 Å². The largest absolute Gasteiger partial charge is 0.491 e. The third-order valence-corrected chi connectivity index (χ3v) is 3.10. The number of halogens is 2. The van der Waals surface area contributed by atoms with Gasteiger partial charge in [-0.05, 0) is 18.6 Å². The Morgan fingerprint density at radius 1 is 1.41 bits per heavy atom. The van der Waals surface area contributed by atoms with Crippen LogP contribution >= 0.6 is 15.9 Å². The van der Waals surface area contributed by atoms with Crippen LogP contribution in [-0.2, 0) is 9.47 Å². The third-order valence-electron chi connectivity index (χ3n) is 2.41. The summed E-state index contributed by atoms with van der Waals surface area (Å²) in [6, 6.07) is 3.35. The zero-order chi connectivity index (χ0) is 12.3. The fourth-order valence-electron chi connectivity index (χ4n) is 1.61. The van der Waals surface area contributed by atoms with Gasteiger partial charge in [0.1, 0.15) is 0 Å². The van der Waals surface area contributed by atoms with Crippen molar-refractivity contribution in [3.8, 4) is 5.75 Å².